The number of benzene rings is 1. The summed E-state index contributed by atoms with van der Waals surface area (Å²) in [6.45, 7) is 2.68. The fourth-order valence-corrected chi connectivity index (χ4v) is 2.19. The number of phenolic OH excluding ortho intramolecular Hbond substituents is 1. The monoisotopic (exact) mass is 222 g/mol. The molecular formula is C13H18O3. The molecule has 3 heteroatoms. The van der Waals surface area contributed by atoms with Gasteiger partial charge in [-0.05, 0) is 37.5 Å². The average molecular weight is 222 g/mol. The average Bonchev–Trinajstić information content (AvgIpc) is 2.66. The van der Waals surface area contributed by atoms with Crippen LogP contribution in [-0.2, 0) is 11.2 Å². The standard InChI is InChI=1S/C13H18O3/c1-13(6-3-7-16-13)12(15)9-10-4-2-5-11(14)8-10/h2,4-5,8,12,14-15H,3,6-7,9H2,1H3. The molecule has 3 nitrogen and oxygen atoms in total. The number of phenols is 1. The lowest BCUT2D eigenvalue weighted by Crippen LogP contribution is -2.39. The maximum Gasteiger partial charge on any atom is 0.115 e. The summed E-state index contributed by atoms with van der Waals surface area (Å²) in [4.78, 5) is 0. The number of ether oxygens (including phenoxy) is 1. The van der Waals surface area contributed by atoms with Gasteiger partial charge in [0.2, 0.25) is 0 Å². The number of aromatic hydroxyl groups is 1. The molecule has 2 unspecified atom stereocenters. The summed E-state index contributed by atoms with van der Waals surface area (Å²) in [5, 5.41) is 19.5. The molecule has 1 aromatic carbocycles. The Morgan fingerprint density at radius 1 is 1.50 bits per heavy atom. The van der Waals surface area contributed by atoms with Crippen LogP contribution < -0.4 is 0 Å². The molecule has 0 bridgehead atoms. The molecule has 1 aromatic rings. The molecule has 88 valence electrons. The minimum absolute atomic E-state index is 0.238. The molecule has 1 saturated heterocycles. The van der Waals surface area contributed by atoms with Crippen LogP contribution in [-0.4, -0.2) is 28.5 Å². The highest BCUT2D eigenvalue weighted by Crippen LogP contribution is 2.30. The smallest absolute Gasteiger partial charge is 0.115 e. The molecule has 16 heavy (non-hydrogen) atoms. The van der Waals surface area contributed by atoms with Gasteiger partial charge < -0.3 is 14.9 Å². The maximum absolute atomic E-state index is 10.1. The van der Waals surface area contributed by atoms with Gasteiger partial charge in [0.1, 0.15) is 5.75 Å². The topological polar surface area (TPSA) is 49.7 Å². The predicted molar refractivity (Wildman–Crippen MR) is 61.4 cm³/mol. The van der Waals surface area contributed by atoms with E-state index in [2.05, 4.69) is 0 Å². The van der Waals surface area contributed by atoms with E-state index in [0.717, 1.165) is 25.0 Å². The normalized spacial score (nSPS) is 26.9. The highest BCUT2D eigenvalue weighted by molar-refractivity contribution is 5.27. The Kier molecular flexibility index (Phi) is 3.17. The Balaban J connectivity index is 2.04. The molecule has 0 radical (unpaired) electrons. The minimum atomic E-state index is -0.517. The maximum atomic E-state index is 10.1. The second kappa shape index (κ2) is 4.44. The van der Waals surface area contributed by atoms with Crippen LogP contribution in [0.4, 0.5) is 0 Å². The Bertz CT molecular complexity index is 356. The van der Waals surface area contributed by atoms with Crippen molar-refractivity contribution in [2.24, 2.45) is 0 Å². The van der Waals surface area contributed by atoms with Gasteiger partial charge in [0, 0.05) is 13.0 Å². The minimum Gasteiger partial charge on any atom is -0.508 e. The van der Waals surface area contributed by atoms with Gasteiger partial charge in [0.15, 0.2) is 0 Å². The molecule has 2 N–H and O–H groups in total. The van der Waals surface area contributed by atoms with Crippen LogP contribution in [0.15, 0.2) is 24.3 Å². The van der Waals surface area contributed by atoms with Crippen LogP contribution in [0, 0.1) is 0 Å². The highest BCUT2D eigenvalue weighted by Gasteiger charge is 2.37. The summed E-state index contributed by atoms with van der Waals surface area (Å²) < 4.78 is 5.59. The van der Waals surface area contributed by atoms with Crippen LogP contribution in [0.5, 0.6) is 5.75 Å². The lowest BCUT2D eigenvalue weighted by Gasteiger charge is -2.29. The van der Waals surface area contributed by atoms with E-state index in [0.29, 0.717) is 6.42 Å². The fraction of sp³-hybridized carbons (Fsp3) is 0.538. The van der Waals surface area contributed by atoms with Gasteiger partial charge >= 0.3 is 0 Å². The third-order valence-electron chi connectivity index (χ3n) is 3.29. The molecule has 1 aliphatic rings. The van der Waals surface area contributed by atoms with Crippen molar-refractivity contribution < 1.29 is 14.9 Å². The SMILES string of the molecule is CC1(C(O)Cc2cccc(O)c2)CCCO1. The molecule has 0 aromatic heterocycles. The van der Waals surface area contributed by atoms with Gasteiger partial charge in [-0.15, -0.1) is 0 Å². The number of aliphatic hydroxyl groups excluding tert-OH is 1. The molecule has 2 atom stereocenters. The quantitative estimate of drug-likeness (QED) is 0.820. The number of hydrogen-bond acceptors (Lipinski definition) is 3. The van der Waals surface area contributed by atoms with E-state index in [1.165, 1.54) is 0 Å². The van der Waals surface area contributed by atoms with Crippen LogP contribution in [0.2, 0.25) is 0 Å². The van der Waals surface area contributed by atoms with Crippen molar-refractivity contribution in [1.29, 1.82) is 0 Å². The van der Waals surface area contributed by atoms with Crippen molar-refractivity contribution in [2.45, 2.75) is 37.9 Å². The molecule has 2 rings (SSSR count). The zero-order valence-electron chi connectivity index (χ0n) is 9.52. The Hall–Kier alpha value is -1.06. The Labute approximate surface area is 95.7 Å². The van der Waals surface area contributed by atoms with Gasteiger partial charge in [-0.2, -0.15) is 0 Å². The fourth-order valence-electron chi connectivity index (χ4n) is 2.19. The molecule has 1 heterocycles. The summed E-state index contributed by atoms with van der Waals surface area (Å²) in [5.41, 5.74) is 0.509. The number of aliphatic hydroxyl groups is 1. The number of rotatable bonds is 3. The highest BCUT2D eigenvalue weighted by atomic mass is 16.5. The lowest BCUT2D eigenvalue weighted by atomic mass is 9.91. The largest absolute Gasteiger partial charge is 0.508 e. The molecule has 0 amide bonds. The summed E-state index contributed by atoms with van der Waals surface area (Å²) in [5.74, 6) is 0.238. The molecule has 0 saturated carbocycles. The van der Waals surface area contributed by atoms with Gasteiger partial charge in [-0.25, -0.2) is 0 Å². The van der Waals surface area contributed by atoms with E-state index >= 15 is 0 Å². The van der Waals surface area contributed by atoms with Crippen molar-refractivity contribution in [3.63, 3.8) is 0 Å². The van der Waals surface area contributed by atoms with Crippen LogP contribution in [0.25, 0.3) is 0 Å². The van der Waals surface area contributed by atoms with Crippen molar-refractivity contribution in [2.75, 3.05) is 6.61 Å². The lowest BCUT2D eigenvalue weighted by molar-refractivity contribution is -0.0768. The van der Waals surface area contributed by atoms with E-state index in [4.69, 9.17) is 4.74 Å². The van der Waals surface area contributed by atoms with Crippen LogP contribution in [0.1, 0.15) is 25.3 Å². The first kappa shape index (κ1) is 11.4. The van der Waals surface area contributed by atoms with E-state index < -0.39 is 11.7 Å². The van der Waals surface area contributed by atoms with Gasteiger partial charge in [-0.3, -0.25) is 0 Å². The molecule has 1 aliphatic heterocycles. The summed E-state index contributed by atoms with van der Waals surface area (Å²) >= 11 is 0. The Morgan fingerprint density at radius 3 is 2.94 bits per heavy atom. The van der Waals surface area contributed by atoms with Gasteiger partial charge in [0.25, 0.3) is 0 Å². The van der Waals surface area contributed by atoms with Gasteiger partial charge in [0.05, 0.1) is 11.7 Å². The van der Waals surface area contributed by atoms with Crippen LogP contribution >= 0.6 is 0 Å². The second-order valence-corrected chi connectivity index (χ2v) is 4.65. The van der Waals surface area contributed by atoms with E-state index in [9.17, 15) is 10.2 Å². The molecular weight excluding hydrogens is 204 g/mol. The predicted octanol–water partition coefficient (Wildman–Crippen LogP) is 1.86. The van der Waals surface area contributed by atoms with Crippen molar-refractivity contribution >= 4 is 0 Å². The summed E-state index contributed by atoms with van der Waals surface area (Å²) in [7, 11) is 0. The molecule has 1 fully saturated rings. The Morgan fingerprint density at radius 2 is 2.31 bits per heavy atom. The van der Waals surface area contributed by atoms with Crippen LogP contribution in [0.3, 0.4) is 0 Å². The molecule has 0 aliphatic carbocycles. The number of hydrogen-bond donors (Lipinski definition) is 2. The first-order chi connectivity index (χ1) is 7.60. The summed E-state index contributed by atoms with van der Waals surface area (Å²) in [6, 6.07) is 7.00. The van der Waals surface area contributed by atoms with Crippen molar-refractivity contribution in [3.8, 4) is 5.75 Å². The summed E-state index contributed by atoms with van der Waals surface area (Å²) in [6.07, 6.45) is 1.91. The zero-order chi connectivity index (χ0) is 11.6. The van der Waals surface area contributed by atoms with E-state index in [-0.39, 0.29) is 5.75 Å². The van der Waals surface area contributed by atoms with E-state index in [1.54, 1.807) is 18.2 Å². The first-order valence-corrected chi connectivity index (χ1v) is 5.70. The third-order valence-corrected chi connectivity index (χ3v) is 3.29. The third kappa shape index (κ3) is 2.36. The zero-order valence-corrected chi connectivity index (χ0v) is 9.52. The second-order valence-electron chi connectivity index (χ2n) is 4.65. The molecule has 0 spiro atoms. The van der Waals surface area contributed by atoms with Crippen molar-refractivity contribution in [1.82, 2.24) is 0 Å². The van der Waals surface area contributed by atoms with Crippen molar-refractivity contribution in [3.05, 3.63) is 29.8 Å². The van der Waals surface area contributed by atoms with Gasteiger partial charge in [-0.1, -0.05) is 12.1 Å². The van der Waals surface area contributed by atoms with E-state index in [1.807, 2.05) is 13.0 Å². The first-order valence-electron chi connectivity index (χ1n) is 5.70.